The van der Waals surface area contributed by atoms with Gasteiger partial charge < -0.3 is 14.6 Å². The van der Waals surface area contributed by atoms with Gasteiger partial charge in [-0.25, -0.2) is 18.3 Å². The number of aromatic nitrogens is 5. The van der Waals surface area contributed by atoms with Crippen molar-refractivity contribution in [2.24, 2.45) is 0 Å². The van der Waals surface area contributed by atoms with Crippen molar-refractivity contribution in [1.29, 1.82) is 0 Å². The first-order chi connectivity index (χ1) is 21.3. The van der Waals surface area contributed by atoms with Crippen LogP contribution in [-0.2, 0) is 6.67 Å². The summed E-state index contributed by atoms with van der Waals surface area (Å²) < 4.78 is 35.2. The first kappa shape index (κ1) is 28.0. The Bertz CT molecular complexity index is 2000. The molecule has 44 heavy (non-hydrogen) atoms. The molecule has 0 bridgehead atoms. The van der Waals surface area contributed by atoms with E-state index in [1.807, 2.05) is 51.9 Å². The second-order valence-electron chi connectivity index (χ2n) is 11.0. The lowest BCUT2D eigenvalue weighted by molar-refractivity contribution is 0.0694. The average Bonchev–Trinajstić information content (AvgIpc) is 3.68. The summed E-state index contributed by atoms with van der Waals surface area (Å²) in [6.45, 7) is 2.57. The number of hydrogen-bond donors (Lipinski definition) is 1. The molecule has 0 amide bonds. The van der Waals surface area contributed by atoms with E-state index in [9.17, 15) is 19.1 Å². The Morgan fingerprint density at radius 3 is 2.41 bits per heavy atom. The van der Waals surface area contributed by atoms with Crippen molar-refractivity contribution < 1.29 is 18.7 Å². The monoisotopic (exact) mass is 615 g/mol. The van der Waals surface area contributed by atoms with Gasteiger partial charge in [-0.05, 0) is 48.6 Å². The second kappa shape index (κ2) is 11.1. The molecule has 10 nitrogen and oxygen atoms in total. The molecule has 0 radical (unpaired) electrons. The Hall–Kier alpha value is -4.75. The number of alkyl halides is 1. The van der Waals surface area contributed by atoms with Crippen molar-refractivity contribution in [3.05, 3.63) is 99.6 Å². The highest BCUT2D eigenvalue weighted by Crippen LogP contribution is 2.41. The summed E-state index contributed by atoms with van der Waals surface area (Å²) in [7, 11) is 0. The highest BCUT2D eigenvalue weighted by atomic mass is 32.1. The van der Waals surface area contributed by atoms with Crippen LogP contribution < -0.4 is 10.3 Å². The van der Waals surface area contributed by atoms with E-state index >= 15 is 4.39 Å². The van der Waals surface area contributed by atoms with E-state index in [0.29, 0.717) is 49.0 Å². The molecule has 1 saturated heterocycles. The first-order valence-corrected chi connectivity index (χ1v) is 14.6. The molecule has 13 heteroatoms. The molecular weight excluding hydrogens is 588 g/mol. The molecule has 4 heterocycles. The number of hydrogen-bond acceptors (Lipinski definition) is 7. The predicted molar refractivity (Wildman–Crippen MR) is 163 cm³/mol. The van der Waals surface area contributed by atoms with Crippen molar-refractivity contribution in [2.45, 2.75) is 25.3 Å². The van der Waals surface area contributed by atoms with Gasteiger partial charge in [0.1, 0.15) is 17.6 Å². The molecule has 1 aliphatic heterocycles. The minimum Gasteiger partial charge on any atom is -0.477 e. The third-order valence-electron chi connectivity index (χ3n) is 8.21. The summed E-state index contributed by atoms with van der Waals surface area (Å²) in [4.78, 5) is 32.7. The number of benzene rings is 2. The van der Waals surface area contributed by atoms with Gasteiger partial charge in [-0.3, -0.25) is 19.2 Å². The first-order valence-electron chi connectivity index (χ1n) is 14.2. The number of fused-ring (bicyclic) bond motifs is 1. The highest BCUT2D eigenvalue weighted by Gasteiger charge is 2.40. The normalized spacial score (nSPS) is 18.5. The molecular formula is C31H27F2N7O3S. The Morgan fingerprint density at radius 2 is 1.75 bits per heavy atom. The molecule has 1 N–H and O–H groups in total. The Kier molecular flexibility index (Phi) is 7.05. The molecule has 224 valence electrons. The Labute approximate surface area is 255 Å². The molecule has 2 aromatic carbocycles. The van der Waals surface area contributed by atoms with Crippen LogP contribution in [0.25, 0.3) is 28.0 Å². The Morgan fingerprint density at radius 1 is 1.05 bits per heavy atom. The minimum absolute atomic E-state index is 0.0720. The van der Waals surface area contributed by atoms with Gasteiger partial charge in [-0.15, -0.1) is 5.10 Å². The number of rotatable bonds is 7. The number of aromatic carboxylic acids is 1. The van der Waals surface area contributed by atoms with Crippen LogP contribution >= 0.6 is 12.2 Å². The third kappa shape index (κ3) is 4.97. The molecule has 3 aromatic heterocycles. The van der Waals surface area contributed by atoms with Crippen LogP contribution in [0.2, 0.25) is 0 Å². The summed E-state index contributed by atoms with van der Waals surface area (Å²) in [6.07, 6.45) is 3.67. The number of halogens is 2. The van der Waals surface area contributed by atoms with Crippen LogP contribution in [0.4, 0.5) is 14.5 Å². The van der Waals surface area contributed by atoms with Gasteiger partial charge in [-0.1, -0.05) is 18.2 Å². The quantitative estimate of drug-likeness (QED) is 0.264. The molecule has 1 saturated carbocycles. The zero-order chi connectivity index (χ0) is 30.5. The number of nitrogens with zero attached hydrogens (tertiary/aromatic N) is 7. The third-order valence-corrected chi connectivity index (χ3v) is 8.60. The van der Waals surface area contributed by atoms with E-state index in [1.165, 1.54) is 16.8 Å². The van der Waals surface area contributed by atoms with Gasteiger partial charge in [-0.2, -0.15) is 0 Å². The standard InChI is InChI=1S/C31H27F2N7O3S/c32-23-14-21-25(38(27-15-24(27)33)17-22(28(21)41)30(42)43)16-26(23)37-12-10-36(11-13-37)18-39-31(44)40(20-4-2-1-3-5-20)29(35-39)19-6-8-34-9-7-19/h1-9,14,16-17,24,27H,10-13,15,18H2,(H,42,43)/t24-,27+/m0/s1. The number of carbonyl (C=O) groups is 1. The topological polar surface area (TPSA) is 101 Å². The van der Waals surface area contributed by atoms with E-state index in [4.69, 9.17) is 17.3 Å². The number of piperazine rings is 1. The zero-order valence-corrected chi connectivity index (χ0v) is 24.2. The van der Waals surface area contributed by atoms with Gasteiger partial charge in [0.05, 0.1) is 23.9 Å². The molecule has 1 aliphatic carbocycles. The van der Waals surface area contributed by atoms with Gasteiger partial charge in [0, 0.05) is 67.8 Å². The molecule has 5 aromatic rings. The van der Waals surface area contributed by atoms with Crippen LogP contribution in [0.5, 0.6) is 0 Å². The minimum atomic E-state index is -1.43. The summed E-state index contributed by atoms with van der Waals surface area (Å²) in [5, 5.41) is 14.3. The smallest absolute Gasteiger partial charge is 0.341 e. The van der Waals surface area contributed by atoms with Crippen LogP contribution in [0.3, 0.4) is 0 Å². The Balaban J connectivity index is 1.15. The van der Waals surface area contributed by atoms with Crippen molar-refractivity contribution in [2.75, 3.05) is 31.1 Å². The van der Waals surface area contributed by atoms with Crippen molar-refractivity contribution in [3.8, 4) is 17.1 Å². The van der Waals surface area contributed by atoms with E-state index in [-0.39, 0.29) is 17.5 Å². The number of pyridine rings is 2. The van der Waals surface area contributed by atoms with Crippen LogP contribution in [0, 0.1) is 10.6 Å². The zero-order valence-electron chi connectivity index (χ0n) is 23.4. The lowest BCUT2D eigenvalue weighted by atomic mass is 10.1. The van der Waals surface area contributed by atoms with Crippen molar-refractivity contribution >= 4 is 34.8 Å². The SMILES string of the molecule is O=C(O)c1cn([C@@H]2C[C@@H]2F)c2cc(N3CCN(Cn4nc(-c5ccncc5)n(-c5ccccc5)c4=S)CC3)c(F)cc2c1=O. The molecule has 0 unspecified atom stereocenters. The van der Waals surface area contributed by atoms with Crippen molar-refractivity contribution in [3.63, 3.8) is 0 Å². The molecule has 2 aliphatic rings. The lowest BCUT2D eigenvalue weighted by Crippen LogP contribution is -2.47. The van der Waals surface area contributed by atoms with Crippen LogP contribution in [-0.4, -0.2) is 72.2 Å². The second-order valence-corrected chi connectivity index (χ2v) is 11.3. The van der Waals surface area contributed by atoms with E-state index in [1.54, 1.807) is 17.1 Å². The largest absolute Gasteiger partial charge is 0.477 e. The fraction of sp³-hybridized carbons (Fsp3) is 0.258. The van der Waals surface area contributed by atoms with Crippen LogP contribution in [0.15, 0.2) is 78.0 Å². The maximum Gasteiger partial charge on any atom is 0.341 e. The summed E-state index contributed by atoms with van der Waals surface area (Å²) >= 11 is 5.88. The average molecular weight is 616 g/mol. The summed E-state index contributed by atoms with van der Waals surface area (Å²) in [6, 6.07) is 15.6. The number of anilines is 1. The van der Waals surface area contributed by atoms with E-state index in [0.717, 1.165) is 17.3 Å². The molecule has 7 rings (SSSR count). The number of para-hydroxylation sites is 1. The van der Waals surface area contributed by atoms with Crippen molar-refractivity contribution in [1.82, 2.24) is 28.8 Å². The fourth-order valence-electron chi connectivity index (χ4n) is 5.78. The van der Waals surface area contributed by atoms with Crippen LogP contribution in [0.1, 0.15) is 22.8 Å². The van der Waals surface area contributed by atoms with Gasteiger partial charge in [0.2, 0.25) is 10.2 Å². The van der Waals surface area contributed by atoms with E-state index in [2.05, 4.69) is 9.88 Å². The maximum absolute atomic E-state index is 15.4. The van der Waals surface area contributed by atoms with Gasteiger partial charge in [0.25, 0.3) is 0 Å². The summed E-state index contributed by atoms with van der Waals surface area (Å²) in [5.74, 6) is -1.36. The molecule has 2 atom stereocenters. The predicted octanol–water partition coefficient (Wildman–Crippen LogP) is 4.68. The highest BCUT2D eigenvalue weighted by molar-refractivity contribution is 7.71. The lowest BCUT2D eigenvalue weighted by Gasteiger charge is -2.36. The van der Waals surface area contributed by atoms with Gasteiger partial charge >= 0.3 is 5.97 Å². The number of carboxylic acids is 1. The van der Waals surface area contributed by atoms with E-state index < -0.39 is 35.0 Å². The summed E-state index contributed by atoms with van der Waals surface area (Å²) in [5.41, 5.74) is 1.10. The molecule has 2 fully saturated rings. The number of carboxylic acid groups (broad SMARTS) is 1. The fourth-order valence-corrected chi connectivity index (χ4v) is 6.08. The van der Waals surface area contributed by atoms with Gasteiger partial charge in [0.15, 0.2) is 5.82 Å². The molecule has 0 spiro atoms. The maximum atomic E-state index is 15.4.